The quantitative estimate of drug-likeness (QED) is 0.774. The minimum Gasteiger partial charge on any atom is -0.321 e. The van der Waals surface area contributed by atoms with Crippen LogP contribution in [-0.4, -0.2) is 4.98 Å². The highest BCUT2D eigenvalue weighted by molar-refractivity contribution is 6.32. The van der Waals surface area contributed by atoms with Gasteiger partial charge in [-0.15, -0.1) is 0 Å². The molecule has 0 aromatic carbocycles. The van der Waals surface area contributed by atoms with E-state index in [0.717, 1.165) is 29.1 Å². The van der Waals surface area contributed by atoms with Crippen LogP contribution in [0.15, 0.2) is 12.3 Å². The van der Waals surface area contributed by atoms with Crippen molar-refractivity contribution in [3.8, 4) is 0 Å². The summed E-state index contributed by atoms with van der Waals surface area (Å²) in [4.78, 5) is 4.15. The van der Waals surface area contributed by atoms with Crippen molar-refractivity contribution in [1.82, 2.24) is 4.98 Å². The average Bonchev–Trinajstić information content (AvgIpc) is 2.58. The summed E-state index contributed by atoms with van der Waals surface area (Å²) in [5.74, 6) is 0. The molecule has 0 amide bonds. The van der Waals surface area contributed by atoms with Gasteiger partial charge in [-0.25, -0.2) is 0 Å². The highest BCUT2D eigenvalue weighted by Gasteiger charge is 2.33. The van der Waals surface area contributed by atoms with Gasteiger partial charge in [-0.05, 0) is 31.4 Å². The maximum Gasteiger partial charge on any atom is 0.0669 e. The topological polar surface area (TPSA) is 38.9 Å². The molecular weight excluding hydrogens is 196 g/mol. The zero-order chi connectivity index (χ0) is 10.2. The van der Waals surface area contributed by atoms with Gasteiger partial charge in [-0.2, -0.15) is 0 Å². The van der Waals surface area contributed by atoms with Crippen molar-refractivity contribution in [2.75, 3.05) is 0 Å². The molecule has 76 valence electrons. The molecule has 2 N–H and O–H groups in total. The van der Waals surface area contributed by atoms with Crippen molar-refractivity contribution < 1.29 is 0 Å². The van der Waals surface area contributed by atoms with Gasteiger partial charge in [0.1, 0.15) is 0 Å². The second-order valence-corrected chi connectivity index (χ2v) is 4.50. The molecule has 0 aliphatic heterocycles. The molecule has 0 spiro atoms. The van der Waals surface area contributed by atoms with E-state index in [2.05, 4.69) is 4.98 Å². The van der Waals surface area contributed by atoms with Crippen LogP contribution in [0.2, 0.25) is 5.02 Å². The van der Waals surface area contributed by atoms with Gasteiger partial charge in [0.05, 0.1) is 10.7 Å². The molecular formula is C11H15ClN2. The van der Waals surface area contributed by atoms with Crippen LogP contribution in [0.5, 0.6) is 0 Å². The zero-order valence-corrected chi connectivity index (χ0v) is 9.14. The molecule has 1 aromatic rings. The Kier molecular flexibility index (Phi) is 2.50. The van der Waals surface area contributed by atoms with Gasteiger partial charge < -0.3 is 5.73 Å². The molecule has 1 saturated carbocycles. The molecule has 3 heteroatoms. The normalized spacial score (nSPS) is 19.9. The molecule has 14 heavy (non-hydrogen) atoms. The molecule has 2 rings (SSSR count). The van der Waals surface area contributed by atoms with Gasteiger partial charge in [-0.1, -0.05) is 24.4 Å². The SMILES string of the molecule is Cc1nccc(C2(N)CCCC2)c1Cl. The predicted octanol–water partition coefficient (Wildman–Crippen LogP) is 2.77. The van der Waals surface area contributed by atoms with Crippen LogP contribution < -0.4 is 5.73 Å². The fraction of sp³-hybridized carbons (Fsp3) is 0.545. The third-order valence-corrected chi connectivity index (χ3v) is 3.57. The number of halogens is 1. The lowest BCUT2D eigenvalue weighted by molar-refractivity contribution is 0.461. The summed E-state index contributed by atoms with van der Waals surface area (Å²) >= 11 is 6.22. The van der Waals surface area contributed by atoms with E-state index in [0.29, 0.717) is 0 Å². The monoisotopic (exact) mass is 210 g/mol. The van der Waals surface area contributed by atoms with Crippen molar-refractivity contribution in [3.05, 3.63) is 28.5 Å². The molecule has 2 nitrogen and oxygen atoms in total. The summed E-state index contributed by atoms with van der Waals surface area (Å²) in [5.41, 5.74) is 8.08. The Balaban J connectivity index is 2.45. The standard InChI is InChI=1S/C11H15ClN2/c1-8-10(12)9(4-7-14-8)11(13)5-2-3-6-11/h4,7H,2-3,5-6,13H2,1H3. The first kappa shape index (κ1) is 9.94. The van der Waals surface area contributed by atoms with E-state index in [9.17, 15) is 0 Å². The largest absolute Gasteiger partial charge is 0.321 e. The van der Waals surface area contributed by atoms with Crippen LogP contribution >= 0.6 is 11.6 Å². The lowest BCUT2D eigenvalue weighted by Gasteiger charge is -2.25. The van der Waals surface area contributed by atoms with Gasteiger partial charge in [0.25, 0.3) is 0 Å². The molecule has 0 saturated heterocycles. The smallest absolute Gasteiger partial charge is 0.0669 e. The number of aromatic nitrogens is 1. The Morgan fingerprint density at radius 1 is 1.43 bits per heavy atom. The van der Waals surface area contributed by atoms with E-state index >= 15 is 0 Å². The van der Waals surface area contributed by atoms with Gasteiger partial charge in [0.15, 0.2) is 0 Å². The van der Waals surface area contributed by atoms with Crippen molar-refractivity contribution >= 4 is 11.6 Å². The van der Waals surface area contributed by atoms with Gasteiger partial charge >= 0.3 is 0 Å². The number of hydrogen-bond donors (Lipinski definition) is 1. The third kappa shape index (κ3) is 1.53. The molecule has 1 aliphatic carbocycles. The first-order chi connectivity index (χ1) is 6.63. The van der Waals surface area contributed by atoms with Crippen molar-refractivity contribution in [3.63, 3.8) is 0 Å². The molecule has 1 heterocycles. The number of nitrogens with two attached hydrogens (primary N) is 1. The Morgan fingerprint density at radius 3 is 2.71 bits per heavy atom. The summed E-state index contributed by atoms with van der Waals surface area (Å²) in [6.07, 6.45) is 6.28. The number of aryl methyl sites for hydroxylation is 1. The third-order valence-electron chi connectivity index (χ3n) is 3.10. The minimum atomic E-state index is -0.204. The molecule has 1 fully saturated rings. The van der Waals surface area contributed by atoms with Crippen molar-refractivity contribution in [2.24, 2.45) is 5.73 Å². The van der Waals surface area contributed by atoms with Crippen LogP contribution in [0.25, 0.3) is 0 Å². The van der Waals surface area contributed by atoms with E-state index in [1.165, 1.54) is 12.8 Å². The minimum absolute atomic E-state index is 0.204. The van der Waals surface area contributed by atoms with Gasteiger partial charge in [0.2, 0.25) is 0 Å². The van der Waals surface area contributed by atoms with Crippen LogP contribution in [0, 0.1) is 6.92 Å². The maximum absolute atomic E-state index is 6.34. The predicted molar refractivity (Wildman–Crippen MR) is 58.3 cm³/mol. The van der Waals surface area contributed by atoms with E-state index < -0.39 is 0 Å². The summed E-state index contributed by atoms with van der Waals surface area (Å²) in [5, 5.41) is 0.747. The van der Waals surface area contributed by atoms with Crippen molar-refractivity contribution in [1.29, 1.82) is 0 Å². The lowest BCUT2D eigenvalue weighted by Crippen LogP contribution is -2.33. The molecule has 1 aromatic heterocycles. The summed E-state index contributed by atoms with van der Waals surface area (Å²) < 4.78 is 0. The van der Waals surface area contributed by atoms with Gasteiger partial charge in [0, 0.05) is 11.7 Å². The van der Waals surface area contributed by atoms with E-state index in [4.69, 9.17) is 17.3 Å². The van der Waals surface area contributed by atoms with E-state index in [1.807, 2.05) is 13.0 Å². The average molecular weight is 211 g/mol. The molecule has 0 unspecified atom stereocenters. The molecule has 0 bridgehead atoms. The van der Waals surface area contributed by atoms with E-state index in [-0.39, 0.29) is 5.54 Å². The maximum atomic E-state index is 6.34. The highest BCUT2D eigenvalue weighted by atomic mass is 35.5. The summed E-state index contributed by atoms with van der Waals surface area (Å²) in [7, 11) is 0. The molecule has 1 aliphatic rings. The summed E-state index contributed by atoms with van der Waals surface area (Å²) in [6.45, 7) is 1.92. The first-order valence-electron chi connectivity index (χ1n) is 5.04. The van der Waals surface area contributed by atoms with E-state index in [1.54, 1.807) is 6.20 Å². The first-order valence-corrected chi connectivity index (χ1v) is 5.42. The summed E-state index contributed by atoms with van der Waals surface area (Å²) in [6, 6.07) is 1.96. The fourth-order valence-corrected chi connectivity index (χ4v) is 2.51. The zero-order valence-electron chi connectivity index (χ0n) is 8.39. The highest BCUT2D eigenvalue weighted by Crippen LogP contribution is 2.39. The Hall–Kier alpha value is -0.600. The Bertz CT molecular complexity index is 343. The van der Waals surface area contributed by atoms with Crippen LogP contribution in [0.3, 0.4) is 0 Å². The number of nitrogens with zero attached hydrogens (tertiary/aromatic N) is 1. The van der Waals surface area contributed by atoms with Crippen LogP contribution in [0.1, 0.15) is 36.9 Å². The van der Waals surface area contributed by atoms with Crippen LogP contribution in [0.4, 0.5) is 0 Å². The number of hydrogen-bond acceptors (Lipinski definition) is 2. The Labute approximate surface area is 89.5 Å². The molecule has 0 radical (unpaired) electrons. The number of pyridine rings is 1. The van der Waals surface area contributed by atoms with Crippen molar-refractivity contribution in [2.45, 2.75) is 38.1 Å². The van der Waals surface area contributed by atoms with Crippen LogP contribution in [-0.2, 0) is 5.54 Å². The molecule has 0 atom stereocenters. The van der Waals surface area contributed by atoms with Gasteiger partial charge in [-0.3, -0.25) is 4.98 Å². The second-order valence-electron chi connectivity index (χ2n) is 4.12. The number of rotatable bonds is 1. The lowest BCUT2D eigenvalue weighted by atomic mass is 9.89. The fourth-order valence-electron chi connectivity index (χ4n) is 2.21. The Morgan fingerprint density at radius 2 is 2.07 bits per heavy atom. The second kappa shape index (κ2) is 3.52.